The van der Waals surface area contributed by atoms with Crippen molar-refractivity contribution >= 4 is 11.3 Å². The van der Waals surface area contributed by atoms with Crippen molar-refractivity contribution in [2.24, 2.45) is 0 Å². The van der Waals surface area contributed by atoms with Crippen molar-refractivity contribution in [2.45, 2.75) is 0 Å². The Labute approximate surface area is 80.0 Å². The van der Waals surface area contributed by atoms with E-state index in [1.807, 2.05) is 41.8 Å². The predicted octanol–water partition coefficient (Wildman–Crippen LogP) is 2.29. The number of hydrogen-bond acceptors (Lipinski definition) is 3. The van der Waals surface area contributed by atoms with Crippen molar-refractivity contribution in [3.63, 3.8) is 0 Å². The molecule has 0 saturated carbocycles. The quantitative estimate of drug-likeness (QED) is 0.732. The summed E-state index contributed by atoms with van der Waals surface area (Å²) in [7, 11) is 0. The molecular weight excluding hydrogens is 180 g/mol. The first kappa shape index (κ1) is 8.13. The van der Waals surface area contributed by atoms with Crippen molar-refractivity contribution in [3.8, 4) is 11.3 Å². The van der Waals surface area contributed by atoms with Gasteiger partial charge in [0.1, 0.15) is 0 Å². The van der Waals surface area contributed by atoms with Crippen LogP contribution in [0.2, 0.25) is 0 Å². The molecule has 1 heterocycles. The average molecular weight is 188 g/mol. The van der Waals surface area contributed by atoms with Crippen LogP contribution in [-0.2, 0) is 0 Å². The monoisotopic (exact) mass is 188 g/mol. The van der Waals surface area contributed by atoms with Crippen LogP contribution in [0.15, 0.2) is 41.8 Å². The van der Waals surface area contributed by atoms with Gasteiger partial charge in [-0.2, -0.15) is 0 Å². The van der Waals surface area contributed by atoms with Gasteiger partial charge in [-0.15, -0.1) is 11.3 Å². The van der Waals surface area contributed by atoms with Gasteiger partial charge in [-0.1, -0.05) is 30.3 Å². The van der Waals surface area contributed by atoms with E-state index in [2.05, 4.69) is 4.98 Å². The Balaban J connectivity index is 2.54. The van der Waals surface area contributed by atoms with Gasteiger partial charge in [-0.3, -0.25) is 5.41 Å². The average Bonchev–Trinajstić information content (AvgIpc) is 2.19. The lowest BCUT2D eigenvalue weighted by Crippen LogP contribution is -1.99. The van der Waals surface area contributed by atoms with E-state index < -0.39 is 0 Å². The van der Waals surface area contributed by atoms with Gasteiger partial charge in [-0.05, 0) is 11.4 Å². The third-order valence-electron chi connectivity index (χ3n) is 1.70. The molecule has 1 aromatic heterocycles. The standard InChI is InChI=1S/C10H8N2S/c11-10-12-9(6-7-13-10)8-4-2-1-3-5-8/h1-7,11H. The van der Waals surface area contributed by atoms with Crippen LogP contribution in [0.4, 0.5) is 0 Å². The molecule has 2 rings (SSSR count). The zero-order valence-electron chi connectivity index (χ0n) is 6.90. The molecule has 0 aliphatic rings. The number of rotatable bonds is 1. The van der Waals surface area contributed by atoms with Gasteiger partial charge in [0.2, 0.25) is 4.80 Å². The first-order valence-electron chi connectivity index (χ1n) is 3.92. The van der Waals surface area contributed by atoms with Gasteiger partial charge in [0.15, 0.2) is 0 Å². The van der Waals surface area contributed by atoms with Crippen molar-refractivity contribution < 1.29 is 0 Å². The summed E-state index contributed by atoms with van der Waals surface area (Å²) in [6.07, 6.45) is 0. The third kappa shape index (κ3) is 1.81. The van der Waals surface area contributed by atoms with E-state index in [-0.39, 0.29) is 0 Å². The molecule has 13 heavy (non-hydrogen) atoms. The highest BCUT2D eigenvalue weighted by molar-refractivity contribution is 7.06. The Morgan fingerprint density at radius 3 is 2.54 bits per heavy atom. The highest BCUT2D eigenvalue weighted by Gasteiger charge is 1.95. The second-order valence-corrected chi connectivity index (χ2v) is 3.48. The fraction of sp³-hybridized carbons (Fsp3) is 0. The Hall–Kier alpha value is -1.48. The van der Waals surface area contributed by atoms with Crippen LogP contribution in [0.3, 0.4) is 0 Å². The van der Waals surface area contributed by atoms with E-state index in [4.69, 9.17) is 5.41 Å². The molecule has 0 atom stereocenters. The summed E-state index contributed by atoms with van der Waals surface area (Å²) in [5.74, 6) is 0. The Bertz CT molecular complexity index is 448. The summed E-state index contributed by atoms with van der Waals surface area (Å²) in [4.78, 5) is 4.48. The number of nitrogens with one attached hydrogen (secondary N) is 1. The zero-order chi connectivity index (χ0) is 9.10. The number of hydrogen-bond donors (Lipinski definition) is 1. The van der Waals surface area contributed by atoms with Crippen LogP contribution in [0, 0.1) is 5.41 Å². The molecule has 0 spiro atoms. The second kappa shape index (κ2) is 3.49. The van der Waals surface area contributed by atoms with Gasteiger partial charge in [0.25, 0.3) is 0 Å². The van der Waals surface area contributed by atoms with Crippen LogP contribution in [-0.4, -0.2) is 4.98 Å². The minimum absolute atomic E-state index is 0.348. The fourth-order valence-corrected chi connectivity index (χ4v) is 1.58. The van der Waals surface area contributed by atoms with Crippen molar-refractivity contribution in [3.05, 3.63) is 46.6 Å². The van der Waals surface area contributed by atoms with Crippen LogP contribution in [0.5, 0.6) is 0 Å². The lowest BCUT2D eigenvalue weighted by atomic mass is 10.2. The number of nitrogens with zero attached hydrogens (tertiary/aromatic N) is 1. The van der Waals surface area contributed by atoms with E-state index in [1.165, 1.54) is 11.3 Å². The van der Waals surface area contributed by atoms with Gasteiger partial charge in [0.05, 0.1) is 5.69 Å². The van der Waals surface area contributed by atoms with Gasteiger partial charge in [0, 0.05) is 5.56 Å². The van der Waals surface area contributed by atoms with E-state index >= 15 is 0 Å². The Morgan fingerprint density at radius 2 is 1.85 bits per heavy atom. The molecule has 0 radical (unpaired) electrons. The highest BCUT2D eigenvalue weighted by atomic mass is 32.1. The van der Waals surface area contributed by atoms with Crippen molar-refractivity contribution in [1.82, 2.24) is 4.98 Å². The summed E-state index contributed by atoms with van der Waals surface area (Å²) in [6, 6.07) is 11.8. The molecule has 0 aliphatic carbocycles. The maximum Gasteiger partial charge on any atom is 0.202 e. The second-order valence-electron chi connectivity index (χ2n) is 2.59. The lowest BCUT2D eigenvalue weighted by molar-refractivity contribution is 1.17. The molecule has 1 N–H and O–H groups in total. The number of aromatic nitrogens is 1. The molecular formula is C10H8N2S. The molecule has 64 valence electrons. The molecule has 0 aliphatic heterocycles. The minimum Gasteiger partial charge on any atom is -0.274 e. The van der Waals surface area contributed by atoms with Crippen LogP contribution in [0.1, 0.15) is 0 Å². The van der Waals surface area contributed by atoms with Gasteiger partial charge in [-0.25, -0.2) is 4.98 Å². The Kier molecular flexibility index (Phi) is 2.19. The van der Waals surface area contributed by atoms with Gasteiger partial charge < -0.3 is 0 Å². The maximum atomic E-state index is 7.39. The van der Waals surface area contributed by atoms with Crippen LogP contribution in [0.25, 0.3) is 11.3 Å². The predicted molar refractivity (Wildman–Crippen MR) is 53.4 cm³/mol. The Morgan fingerprint density at radius 1 is 1.08 bits per heavy atom. The third-order valence-corrected chi connectivity index (χ3v) is 2.28. The number of benzene rings is 1. The van der Waals surface area contributed by atoms with Gasteiger partial charge >= 0.3 is 0 Å². The van der Waals surface area contributed by atoms with E-state index in [0.717, 1.165) is 11.3 Å². The molecule has 0 unspecified atom stereocenters. The SMILES string of the molecule is N=c1nc(-c2ccccc2)ccs1. The lowest BCUT2D eigenvalue weighted by Gasteiger charge is -1.97. The smallest absolute Gasteiger partial charge is 0.202 e. The fourth-order valence-electron chi connectivity index (χ4n) is 1.11. The van der Waals surface area contributed by atoms with Crippen LogP contribution >= 0.6 is 11.3 Å². The summed E-state index contributed by atoms with van der Waals surface area (Å²) in [5, 5.41) is 9.28. The summed E-state index contributed by atoms with van der Waals surface area (Å²) >= 11 is 1.33. The zero-order valence-corrected chi connectivity index (χ0v) is 7.71. The molecule has 0 fully saturated rings. The van der Waals surface area contributed by atoms with E-state index in [9.17, 15) is 0 Å². The first-order chi connectivity index (χ1) is 6.36. The van der Waals surface area contributed by atoms with Crippen LogP contribution < -0.4 is 4.80 Å². The van der Waals surface area contributed by atoms with E-state index in [1.54, 1.807) is 0 Å². The van der Waals surface area contributed by atoms with Crippen molar-refractivity contribution in [1.29, 1.82) is 5.41 Å². The highest BCUT2D eigenvalue weighted by Crippen LogP contribution is 2.13. The molecule has 0 amide bonds. The maximum absolute atomic E-state index is 7.39. The molecule has 1 aromatic carbocycles. The molecule has 0 bridgehead atoms. The summed E-state index contributed by atoms with van der Waals surface area (Å²) in [5.41, 5.74) is 1.92. The minimum atomic E-state index is 0.348. The van der Waals surface area contributed by atoms with E-state index in [0.29, 0.717) is 4.80 Å². The first-order valence-corrected chi connectivity index (χ1v) is 4.80. The largest absolute Gasteiger partial charge is 0.274 e. The molecule has 2 nitrogen and oxygen atoms in total. The topological polar surface area (TPSA) is 36.7 Å². The molecule has 3 heteroatoms. The molecule has 0 saturated heterocycles. The molecule has 2 aromatic rings. The summed E-state index contributed by atoms with van der Waals surface area (Å²) < 4.78 is 0. The summed E-state index contributed by atoms with van der Waals surface area (Å²) in [6.45, 7) is 0. The normalized spacial score (nSPS) is 9.85. The van der Waals surface area contributed by atoms with Crippen molar-refractivity contribution in [2.75, 3.05) is 0 Å².